The Morgan fingerprint density at radius 1 is 1.18 bits per heavy atom. The number of rotatable bonds is 6. The summed E-state index contributed by atoms with van der Waals surface area (Å²) >= 11 is 0. The van der Waals surface area contributed by atoms with Crippen molar-refractivity contribution in [2.45, 2.75) is 89.9 Å². The molecule has 186 valence electrons. The maximum atomic E-state index is 13.1. The molecule has 0 bridgehead atoms. The largest absolute Gasteiger partial charge is 0.462 e. The van der Waals surface area contributed by atoms with Crippen LogP contribution in [0.5, 0.6) is 0 Å². The highest BCUT2D eigenvalue weighted by molar-refractivity contribution is 5.75. The van der Waals surface area contributed by atoms with E-state index in [-0.39, 0.29) is 29.0 Å². The Bertz CT molecular complexity index is 896. The van der Waals surface area contributed by atoms with Crippen molar-refractivity contribution in [3.63, 3.8) is 0 Å². The average Bonchev–Trinajstić information content (AvgIpc) is 3.08. The zero-order valence-electron chi connectivity index (χ0n) is 21.4. The minimum atomic E-state index is -0.0912. The maximum Gasteiger partial charge on any atom is 0.310 e. The van der Waals surface area contributed by atoms with Crippen LogP contribution < -0.4 is 5.32 Å². The molecule has 2 aliphatic heterocycles. The van der Waals surface area contributed by atoms with Crippen LogP contribution in [0, 0.1) is 29.1 Å². The first-order valence-corrected chi connectivity index (χ1v) is 13.5. The van der Waals surface area contributed by atoms with Gasteiger partial charge in [-0.1, -0.05) is 49.4 Å². The number of hydrogen-bond acceptors (Lipinski definition) is 4. The summed E-state index contributed by atoms with van der Waals surface area (Å²) in [6, 6.07) is 11.1. The lowest BCUT2D eigenvalue weighted by atomic mass is 9.55. The molecule has 4 aliphatic rings. The first-order valence-electron chi connectivity index (χ1n) is 13.5. The van der Waals surface area contributed by atoms with Gasteiger partial charge in [0.05, 0.1) is 11.5 Å². The van der Waals surface area contributed by atoms with Gasteiger partial charge in [0.25, 0.3) is 0 Å². The number of ether oxygens (including phenoxy) is 2. The zero-order valence-corrected chi connectivity index (χ0v) is 21.4. The predicted molar refractivity (Wildman–Crippen MR) is 135 cm³/mol. The molecule has 1 aromatic carbocycles. The van der Waals surface area contributed by atoms with E-state index in [4.69, 9.17) is 9.47 Å². The molecule has 2 saturated heterocycles. The molecule has 0 radical (unpaired) electrons. The molecule has 0 amide bonds. The number of fused-ring (bicyclic) bond motifs is 2. The van der Waals surface area contributed by atoms with Crippen LogP contribution in [0.4, 0.5) is 0 Å². The van der Waals surface area contributed by atoms with E-state index in [1.807, 2.05) is 0 Å². The van der Waals surface area contributed by atoms with Crippen LogP contribution in [0.3, 0.4) is 0 Å². The lowest BCUT2D eigenvalue weighted by Crippen LogP contribution is -2.49. The fourth-order valence-corrected chi connectivity index (χ4v) is 7.66. The van der Waals surface area contributed by atoms with Crippen LogP contribution >= 0.6 is 0 Å². The number of carbonyl (C=O) groups is 1. The van der Waals surface area contributed by atoms with Crippen molar-refractivity contribution in [1.82, 2.24) is 5.32 Å². The summed E-state index contributed by atoms with van der Waals surface area (Å²) in [7, 11) is 0. The van der Waals surface area contributed by atoms with Gasteiger partial charge in [-0.3, -0.25) is 4.79 Å². The molecular weight excluding hydrogens is 422 g/mol. The number of carbonyl (C=O) groups excluding carboxylic acids is 1. The van der Waals surface area contributed by atoms with Gasteiger partial charge < -0.3 is 14.8 Å². The minimum Gasteiger partial charge on any atom is -0.462 e. The van der Waals surface area contributed by atoms with Gasteiger partial charge in [-0.15, -0.1) is 0 Å². The summed E-state index contributed by atoms with van der Waals surface area (Å²) in [4.78, 5) is 13.1. The quantitative estimate of drug-likeness (QED) is 0.432. The molecule has 5 rings (SSSR count). The molecule has 7 atom stereocenters. The van der Waals surface area contributed by atoms with E-state index < -0.39 is 0 Å². The first-order chi connectivity index (χ1) is 16.2. The van der Waals surface area contributed by atoms with E-state index in [0.717, 1.165) is 45.1 Å². The predicted octanol–water partition coefficient (Wildman–Crippen LogP) is 5.71. The second kappa shape index (κ2) is 9.43. The van der Waals surface area contributed by atoms with Gasteiger partial charge in [-0.2, -0.15) is 0 Å². The molecule has 0 spiro atoms. The van der Waals surface area contributed by atoms with Gasteiger partial charge in [0, 0.05) is 25.1 Å². The van der Waals surface area contributed by atoms with E-state index in [0.29, 0.717) is 30.3 Å². The molecule has 34 heavy (non-hydrogen) atoms. The summed E-state index contributed by atoms with van der Waals surface area (Å²) in [5.41, 5.74) is 2.92. The summed E-state index contributed by atoms with van der Waals surface area (Å²) in [6.07, 6.45) is 8.85. The van der Waals surface area contributed by atoms with Crippen molar-refractivity contribution in [2.24, 2.45) is 29.1 Å². The molecule has 1 aromatic rings. The van der Waals surface area contributed by atoms with Crippen LogP contribution in [-0.2, 0) is 20.7 Å². The van der Waals surface area contributed by atoms with Crippen molar-refractivity contribution in [2.75, 3.05) is 13.2 Å². The van der Waals surface area contributed by atoms with Gasteiger partial charge in [0.1, 0.15) is 6.10 Å². The van der Waals surface area contributed by atoms with Crippen molar-refractivity contribution in [3.8, 4) is 0 Å². The SMILES string of the molecule is C=C1CCC[C@]2(C)C[C@H]3OC(=O)[C@@H](CN[C@@H](Cc4ccccc4)[C@H]4CCOC(C)(C)C4)[C@@H]3C[C@@H]12. The van der Waals surface area contributed by atoms with Crippen molar-refractivity contribution in [1.29, 1.82) is 0 Å². The molecule has 2 aliphatic carbocycles. The van der Waals surface area contributed by atoms with Gasteiger partial charge in [0.15, 0.2) is 0 Å². The smallest absolute Gasteiger partial charge is 0.310 e. The monoisotopic (exact) mass is 465 g/mol. The standard InChI is InChI=1S/C30H43NO3/c1-20-9-8-13-30(4)18-27-23(16-25(20)30)24(28(32)34-27)19-31-26(15-21-10-6-5-7-11-21)22-12-14-33-29(2,3)17-22/h5-7,10-11,22-27,31H,1,8-9,12-19H2,2-4H3/t22-,23-,24-,25-,26-,27+,30+/m0/s1. The minimum absolute atomic E-state index is 0.0149. The van der Waals surface area contributed by atoms with E-state index in [2.05, 4.69) is 63.0 Å². The molecular formula is C30H43NO3. The highest BCUT2D eigenvalue weighted by Crippen LogP contribution is 2.56. The molecule has 1 N–H and O–H groups in total. The van der Waals surface area contributed by atoms with Crippen LogP contribution in [0.2, 0.25) is 0 Å². The van der Waals surface area contributed by atoms with Gasteiger partial charge >= 0.3 is 5.97 Å². The van der Waals surface area contributed by atoms with E-state index >= 15 is 0 Å². The number of benzene rings is 1. The number of nitrogens with one attached hydrogen (secondary N) is 1. The Balaban J connectivity index is 1.30. The third-order valence-corrected chi connectivity index (χ3v) is 9.52. The van der Waals surface area contributed by atoms with Crippen LogP contribution in [0.15, 0.2) is 42.5 Å². The number of esters is 1. The lowest BCUT2D eigenvalue weighted by molar-refractivity contribution is -0.146. The van der Waals surface area contributed by atoms with Crippen LogP contribution in [0.1, 0.15) is 71.3 Å². The lowest BCUT2D eigenvalue weighted by Gasteiger charge is -2.50. The third kappa shape index (κ3) is 4.86. The normalized spacial score (nSPS) is 38.0. The summed E-state index contributed by atoms with van der Waals surface area (Å²) < 4.78 is 12.0. The summed E-state index contributed by atoms with van der Waals surface area (Å²) in [5.74, 6) is 1.36. The number of hydrogen-bond donors (Lipinski definition) is 1. The van der Waals surface area contributed by atoms with Crippen molar-refractivity contribution < 1.29 is 14.3 Å². The van der Waals surface area contributed by atoms with E-state index in [1.54, 1.807) is 0 Å². The number of allylic oxidation sites excluding steroid dienone is 1. The Morgan fingerprint density at radius 2 is 1.97 bits per heavy atom. The molecule has 2 heterocycles. The summed E-state index contributed by atoms with van der Waals surface area (Å²) in [5, 5.41) is 3.90. The Hall–Kier alpha value is -1.65. The second-order valence-corrected chi connectivity index (χ2v) is 12.5. The molecule has 2 saturated carbocycles. The fraction of sp³-hybridized carbons (Fsp3) is 0.700. The van der Waals surface area contributed by atoms with E-state index in [1.165, 1.54) is 24.0 Å². The maximum absolute atomic E-state index is 13.1. The van der Waals surface area contributed by atoms with E-state index in [9.17, 15) is 4.79 Å². The Morgan fingerprint density at radius 3 is 2.74 bits per heavy atom. The topological polar surface area (TPSA) is 47.6 Å². The second-order valence-electron chi connectivity index (χ2n) is 12.5. The van der Waals surface area contributed by atoms with Gasteiger partial charge in [-0.05, 0) is 88.0 Å². The van der Waals surface area contributed by atoms with Crippen LogP contribution in [-0.4, -0.2) is 36.9 Å². The first kappa shape index (κ1) is 24.1. The van der Waals surface area contributed by atoms with Gasteiger partial charge in [-0.25, -0.2) is 0 Å². The van der Waals surface area contributed by atoms with Gasteiger partial charge in [0.2, 0.25) is 0 Å². The van der Waals surface area contributed by atoms with Crippen molar-refractivity contribution >= 4 is 5.97 Å². The fourth-order valence-electron chi connectivity index (χ4n) is 7.66. The highest BCUT2D eigenvalue weighted by atomic mass is 16.6. The molecule has 4 heteroatoms. The average molecular weight is 466 g/mol. The van der Waals surface area contributed by atoms with Crippen molar-refractivity contribution in [3.05, 3.63) is 48.0 Å². The highest BCUT2D eigenvalue weighted by Gasteiger charge is 2.55. The molecule has 4 fully saturated rings. The zero-order chi connectivity index (χ0) is 23.9. The van der Waals surface area contributed by atoms with Crippen LogP contribution in [0.25, 0.3) is 0 Å². The summed E-state index contributed by atoms with van der Waals surface area (Å²) in [6.45, 7) is 12.8. The Labute approximate surface area is 205 Å². The Kier molecular flexibility index (Phi) is 6.67. The molecule has 0 aromatic heterocycles. The third-order valence-electron chi connectivity index (χ3n) is 9.52. The molecule has 0 unspecified atom stereocenters. The molecule has 4 nitrogen and oxygen atoms in total.